The second-order valence-corrected chi connectivity index (χ2v) is 5.56. The molecule has 2 amide bonds. The number of hydrogen-bond acceptors (Lipinski definition) is 4. The number of nitrogens with one attached hydrogen (secondary N) is 3. The molecule has 0 aliphatic rings. The van der Waals surface area contributed by atoms with E-state index >= 15 is 0 Å². The molecule has 0 atom stereocenters. The largest absolute Gasteiger partial charge is 0.475 e. The Hall–Kier alpha value is -3.06. The van der Waals surface area contributed by atoms with Crippen LogP contribution >= 0.6 is 0 Å². The first-order chi connectivity index (χ1) is 12.1. The highest BCUT2D eigenvalue weighted by Crippen LogP contribution is 2.20. The zero-order chi connectivity index (χ0) is 17.6. The van der Waals surface area contributed by atoms with Crippen molar-refractivity contribution in [1.82, 2.24) is 9.97 Å². The Morgan fingerprint density at radius 2 is 1.92 bits per heavy atom. The van der Waals surface area contributed by atoms with Crippen LogP contribution in [0.25, 0.3) is 10.9 Å². The summed E-state index contributed by atoms with van der Waals surface area (Å²) in [6.45, 7) is 2.92. The monoisotopic (exact) mass is 340 g/mol. The maximum Gasteiger partial charge on any atom is 0.323 e. The number of methoxy groups -OCH3 is 1. The van der Waals surface area contributed by atoms with Crippen molar-refractivity contribution in [2.45, 2.75) is 6.92 Å². The van der Waals surface area contributed by atoms with Crippen LogP contribution in [0.2, 0.25) is 0 Å². The summed E-state index contributed by atoms with van der Waals surface area (Å²) < 4.78 is 10.3. The number of nitrogens with zero attached hydrogens (tertiary/aromatic N) is 1. The number of anilines is 2. The maximum atomic E-state index is 12.1. The van der Waals surface area contributed by atoms with E-state index in [-0.39, 0.29) is 6.03 Å². The number of H-pyrrole nitrogens is 1. The quantitative estimate of drug-likeness (QED) is 0.599. The molecule has 0 saturated heterocycles. The lowest BCUT2D eigenvalue weighted by Crippen LogP contribution is -2.19. The van der Waals surface area contributed by atoms with Crippen LogP contribution < -0.4 is 15.4 Å². The first-order valence-electron chi connectivity index (χ1n) is 7.89. The van der Waals surface area contributed by atoms with Gasteiger partial charge in [-0.05, 0) is 37.3 Å². The van der Waals surface area contributed by atoms with Gasteiger partial charge in [0.1, 0.15) is 6.61 Å². The van der Waals surface area contributed by atoms with Crippen LogP contribution in [0.4, 0.5) is 16.2 Å². The molecule has 0 radical (unpaired) electrons. The van der Waals surface area contributed by atoms with Gasteiger partial charge < -0.3 is 25.1 Å². The number of ether oxygens (including phenoxy) is 2. The average molecular weight is 340 g/mol. The summed E-state index contributed by atoms with van der Waals surface area (Å²) in [5, 5.41) is 6.60. The third-order valence-electron chi connectivity index (χ3n) is 3.54. The molecule has 25 heavy (non-hydrogen) atoms. The number of pyridine rings is 1. The fraction of sp³-hybridized carbons (Fsp3) is 0.222. The van der Waals surface area contributed by atoms with Crippen molar-refractivity contribution in [3.8, 4) is 5.88 Å². The van der Waals surface area contributed by atoms with Crippen molar-refractivity contribution >= 4 is 28.3 Å². The minimum Gasteiger partial charge on any atom is -0.475 e. The minimum atomic E-state index is -0.332. The third-order valence-corrected chi connectivity index (χ3v) is 3.54. The van der Waals surface area contributed by atoms with Gasteiger partial charge in [0.2, 0.25) is 5.88 Å². The van der Waals surface area contributed by atoms with Gasteiger partial charge in [-0.3, -0.25) is 0 Å². The SMILES string of the molecule is COCCOc1ccc(NC(=O)Nc2ccc3[nH]c(C)cc3c2)cn1. The van der Waals surface area contributed by atoms with Gasteiger partial charge in [0.15, 0.2) is 0 Å². The van der Waals surface area contributed by atoms with Gasteiger partial charge >= 0.3 is 6.03 Å². The Bertz CT molecular complexity index is 858. The zero-order valence-corrected chi connectivity index (χ0v) is 14.1. The van der Waals surface area contributed by atoms with Crippen molar-refractivity contribution in [1.29, 1.82) is 0 Å². The highest BCUT2D eigenvalue weighted by Gasteiger charge is 2.05. The van der Waals surface area contributed by atoms with E-state index in [1.807, 2.05) is 31.2 Å². The molecule has 0 saturated carbocycles. The van der Waals surface area contributed by atoms with E-state index in [1.54, 1.807) is 25.4 Å². The predicted octanol–water partition coefficient (Wildman–Crippen LogP) is 3.54. The highest BCUT2D eigenvalue weighted by atomic mass is 16.5. The molecular formula is C18H20N4O3. The lowest BCUT2D eigenvalue weighted by atomic mass is 10.2. The average Bonchev–Trinajstić information content (AvgIpc) is 2.96. The molecule has 0 aliphatic heterocycles. The number of fused-ring (bicyclic) bond motifs is 1. The highest BCUT2D eigenvalue weighted by molar-refractivity contribution is 6.00. The molecule has 130 valence electrons. The molecule has 3 N–H and O–H groups in total. The molecular weight excluding hydrogens is 320 g/mol. The number of urea groups is 1. The van der Waals surface area contributed by atoms with Gasteiger partial charge in [-0.15, -0.1) is 0 Å². The van der Waals surface area contributed by atoms with Crippen molar-refractivity contribution in [2.24, 2.45) is 0 Å². The molecule has 0 aliphatic carbocycles. The van der Waals surface area contributed by atoms with Gasteiger partial charge in [-0.25, -0.2) is 9.78 Å². The number of aromatic amines is 1. The summed E-state index contributed by atoms with van der Waals surface area (Å²) in [4.78, 5) is 19.5. The van der Waals surface area contributed by atoms with Crippen LogP contribution in [-0.2, 0) is 4.74 Å². The Balaban J connectivity index is 1.57. The van der Waals surface area contributed by atoms with E-state index in [0.717, 1.165) is 22.3 Å². The van der Waals surface area contributed by atoms with Gasteiger partial charge in [0.25, 0.3) is 0 Å². The van der Waals surface area contributed by atoms with Gasteiger partial charge in [0.05, 0.1) is 18.5 Å². The Morgan fingerprint density at radius 3 is 2.68 bits per heavy atom. The number of rotatable bonds is 6. The normalized spacial score (nSPS) is 10.6. The summed E-state index contributed by atoms with van der Waals surface area (Å²) in [5.41, 5.74) is 3.42. The van der Waals surface area contributed by atoms with Crippen molar-refractivity contribution in [3.63, 3.8) is 0 Å². The first-order valence-corrected chi connectivity index (χ1v) is 7.89. The molecule has 7 nitrogen and oxygen atoms in total. The first kappa shape index (κ1) is 16.8. The molecule has 0 spiro atoms. The number of carbonyl (C=O) groups is 1. The summed E-state index contributed by atoms with van der Waals surface area (Å²) in [6, 6.07) is 10.8. The van der Waals surface area contributed by atoms with Crippen LogP contribution in [0.1, 0.15) is 5.69 Å². The smallest absolute Gasteiger partial charge is 0.323 e. The molecule has 2 aromatic heterocycles. The zero-order valence-electron chi connectivity index (χ0n) is 14.1. The fourth-order valence-corrected chi connectivity index (χ4v) is 2.42. The van der Waals surface area contributed by atoms with E-state index in [2.05, 4.69) is 20.6 Å². The number of amides is 2. The van der Waals surface area contributed by atoms with E-state index < -0.39 is 0 Å². The van der Waals surface area contributed by atoms with Crippen LogP contribution in [0.5, 0.6) is 5.88 Å². The molecule has 2 heterocycles. The molecule has 0 unspecified atom stereocenters. The number of aromatic nitrogens is 2. The van der Waals surface area contributed by atoms with Crippen molar-refractivity contribution in [2.75, 3.05) is 31.0 Å². The molecule has 0 bridgehead atoms. The van der Waals surface area contributed by atoms with Crippen LogP contribution in [-0.4, -0.2) is 36.3 Å². The Labute approximate surface area is 145 Å². The molecule has 3 rings (SSSR count). The Morgan fingerprint density at radius 1 is 1.12 bits per heavy atom. The number of hydrogen-bond donors (Lipinski definition) is 3. The van der Waals surface area contributed by atoms with Crippen LogP contribution in [0.15, 0.2) is 42.6 Å². The van der Waals surface area contributed by atoms with Crippen LogP contribution in [0.3, 0.4) is 0 Å². The van der Waals surface area contributed by atoms with E-state index in [9.17, 15) is 4.79 Å². The van der Waals surface area contributed by atoms with Gasteiger partial charge in [-0.1, -0.05) is 0 Å². The third kappa shape index (κ3) is 4.48. The predicted molar refractivity (Wildman–Crippen MR) is 97.3 cm³/mol. The standard InChI is InChI=1S/C18H20N4O3/c1-12-9-13-10-14(3-5-16(13)20-12)21-18(23)22-15-4-6-17(19-11-15)25-8-7-24-2/h3-6,9-11,20H,7-8H2,1-2H3,(H2,21,22,23). The Kier molecular flexibility index (Phi) is 5.15. The number of aryl methyl sites for hydroxylation is 1. The lowest BCUT2D eigenvalue weighted by molar-refractivity contribution is 0.144. The van der Waals surface area contributed by atoms with Crippen molar-refractivity contribution < 1.29 is 14.3 Å². The maximum absolute atomic E-state index is 12.1. The van der Waals surface area contributed by atoms with Gasteiger partial charge in [0, 0.05) is 35.5 Å². The van der Waals surface area contributed by atoms with E-state index in [4.69, 9.17) is 9.47 Å². The van der Waals surface area contributed by atoms with Crippen molar-refractivity contribution in [3.05, 3.63) is 48.3 Å². The summed E-state index contributed by atoms with van der Waals surface area (Å²) in [5.74, 6) is 0.483. The summed E-state index contributed by atoms with van der Waals surface area (Å²) in [7, 11) is 1.61. The van der Waals surface area contributed by atoms with E-state index in [0.29, 0.717) is 24.8 Å². The summed E-state index contributed by atoms with van der Waals surface area (Å²) >= 11 is 0. The molecule has 7 heteroatoms. The molecule has 3 aromatic rings. The lowest BCUT2D eigenvalue weighted by Gasteiger charge is -2.09. The fourth-order valence-electron chi connectivity index (χ4n) is 2.42. The van der Waals surface area contributed by atoms with Crippen LogP contribution in [0, 0.1) is 6.92 Å². The molecule has 0 fully saturated rings. The second kappa shape index (κ2) is 7.67. The van der Waals surface area contributed by atoms with E-state index in [1.165, 1.54) is 0 Å². The summed E-state index contributed by atoms with van der Waals surface area (Å²) in [6.07, 6.45) is 1.54. The second-order valence-electron chi connectivity index (χ2n) is 5.56. The number of carbonyl (C=O) groups excluding carboxylic acids is 1. The topological polar surface area (TPSA) is 88.3 Å². The molecule has 1 aromatic carbocycles. The minimum absolute atomic E-state index is 0.332. The number of benzene rings is 1. The van der Waals surface area contributed by atoms with Gasteiger partial charge in [-0.2, -0.15) is 0 Å².